The molecule has 2 N–H and O–H groups in total. The van der Waals surface area contributed by atoms with E-state index in [0.717, 1.165) is 0 Å². The second kappa shape index (κ2) is 6.99. The standard InChI is InChI=1S/C14H21N5O4/c1-3-14(6-4-7-16-18-15)9(2)11(21)12(23-14)19-8-5-10(20)17-13(19)22/h5,8-9,11-12,21H,3-4,6-7H2,1-2H3,(H,17,20,22)/t9-,11?,12-,14+/m1/s1. The van der Waals surface area contributed by atoms with Gasteiger partial charge >= 0.3 is 5.69 Å². The largest absolute Gasteiger partial charge is 0.388 e. The van der Waals surface area contributed by atoms with Crippen LogP contribution in [0.25, 0.3) is 10.4 Å². The van der Waals surface area contributed by atoms with Gasteiger partial charge in [-0.25, -0.2) is 4.79 Å². The third-order valence-electron chi connectivity index (χ3n) is 4.63. The van der Waals surface area contributed by atoms with Gasteiger partial charge in [-0.15, -0.1) is 0 Å². The molecule has 1 fully saturated rings. The molecule has 126 valence electrons. The Labute approximate surface area is 132 Å². The minimum Gasteiger partial charge on any atom is -0.388 e. The van der Waals surface area contributed by atoms with Gasteiger partial charge in [-0.2, -0.15) is 0 Å². The van der Waals surface area contributed by atoms with Crippen LogP contribution in [0.3, 0.4) is 0 Å². The van der Waals surface area contributed by atoms with E-state index in [1.807, 2.05) is 13.8 Å². The number of aromatic amines is 1. The van der Waals surface area contributed by atoms with Gasteiger partial charge in [0.25, 0.3) is 5.56 Å². The highest BCUT2D eigenvalue weighted by molar-refractivity contribution is 4.99. The van der Waals surface area contributed by atoms with Crippen LogP contribution in [-0.4, -0.2) is 32.9 Å². The van der Waals surface area contributed by atoms with Gasteiger partial charge in [0.2, 0.25) is 0 Å². The number of H-pyrrole nitrogens is 1. The van der Waals surface area contributed by atoms with Crippen LogP contribution in [0.15, 0.2) is 27.0 Å². The normalized spacial score (nSPS) is 30.1. The van der Waals surface area contributed by atoms with Crippen LogP contribution in [0.2, 0.25) is 0 Å². The van der Waals surface area contributed by atoms with E-state index in [0.29, 0.717) is 25.8 Å². The second-order valence-electron chi connectivity index (χ2n) is 5.78. The second-order valence-corrected chi connectivity index (χ2v) is 5.78. The molecular weight excluding hydrogens is 302 g/mol. The first-order chi connectivity index (χ1) is 10.9. The maximum atomic E-state index is 11.9. The lowest BCUT2D eigenvalue weighted by Gasteiger charge is -2.32. The Morgan fingerprint density at radius 3 is 2.91 bits per heavy atom. The van der Waals surface area contributed by atoms with Gasteiger partial charge < -0.3 is 9.84 Å². The molecule has 9 nitrogen and oxygen atoms in total. The fourth-order valence-electron chi connectivity index (χ4n) is 3.19. The van der Waals surface area contributed by atoms with Crippen LogP contribution in [0.5, 0.6) is 0 Å². The highest BCUT2D eigenvalue weighted by atomic mass is 16.5. The molecule has 0 aliphatic carbocycles. The first-order valence-corrected chi connectivity index (χ1v) is 7.63. The summed E-state index contributed by atoms with van der Waals surface area (Å²) in [6.07, 6.45) is 1.48. The van der Waals surface area contributed by atoms with Gasteiger partial charge in [-0.05, 0) is 24.8 Å². The molecule has 1 aromatic heterocycles. The topological polar surface area (TPSA) is 133 Å². The van der Waals surface area contributed by atoms with Crippen molar-refractivity contribution in [3.8, 4) is 0 Å². The van der Waals surface area contributed by atoms with Crippen LogP contribution in [0.1, 0.15) is 39.3 Å². The van der Waals surface area contributed by atoms with Crippen LogP contribution in [0, 0.1) is 5.92 Å². The first kappa shape index (κ1) is 17.3. The van der Waals surface area contributed by atoms with E-state index >= 15 is 0 Å². The number of aliphatic hydroxyl groups is 1. The summed E-state index contributed by atoms with van der Waals surface area (Å²) in [5.74, 6) is -0.206. The fourth-order valence-corrected chi connectivity index (χ4v) is 3.19. The molecule has 2 rings (SSSR count). The van der Waals surface area contributed by atoms with E-state index in [1.165, 1.54) is 16.8 Å². The van der Waals surface area contributed by atoms with Gasteiger partial charge in [-0.3, -0.25) is 14.3 Å². The summed E-state index contributed by atoms with van der Waals surface area (Å²) in [5, 5.41) is 14.0. The Balaban J connectivity index is 2.26. The summed E-state index contributed by atoms with van der Waals surface area (Å²) in [5.41, 5.74) is 6.62. The van der Waals surface area contributed by atoms with Crippen molar-refractivity contribution in [2.75, 3.05) is 6.54 Å². The Morgan fingerprint density at radius 1 is 1.57 bits per heavy atom. The molecule has 1 aliphatic heterocycles. The molecule has 0 radical (unpaired) electrons. The summed E-state index contributed by atoms with van der Waals surface area (Å²) in [6.45, 7) is 4.18. The molecule has 1 aliphatic rings. The van der Waals surface area contributed by atoms with Crippen molar-refractivity contribution in [2.24, 2.45) is 11.0 Å². The molecule has 1 unspecified atom stereocenters. The summed E-state index contributed by atoms with van der Waals surface area (Å²) in [4.78, 5) is 28.0. The molecule has 0 bridgehead atoms. The number of aliphatic hydroxyl groups excluding tert-OH is 1. The smallest absolute Gasteiger partial charge is 0.330 e. The van der Waals surface area contributed by atoms with Crippen molar-refractivity contribution in [3.05, 3.63) is 43.5 Å². The van der Waals surface area contributed by atoms with Gasteiger partial charge in [0.05, 0.1) is 5.60 Å². The van der Waals surface area contributed by atoms with E-state index in [1.54, 1.807) is 0 Å². The van der Waals surface area contributed by atoms with Crippen LogP contribution in [-0.2, 0) is 4.74 Å². The third kappa shape index (κ3) is 3.31. The third-order valence-corrected chi connectivity index (χ3v) is 4.63. The maximum absolute atomic E-state index is 11.9. The molecule has 1 saturated heterocycles. The average molecular weight is 323 g/mol. The number of nitrogens with zero attached hydrogens (tertiary/aromatic N) is 4. The first-order valence-electron chi connectivity index (χ1n) is 7.63. The Morgan fingerprint density at radius 2 is 2.30 bits per heavy atom. The fraction of sp³-hybridized carbons (Fsp3) is 0.714. The van der Waals surface area contributed by atoms with Crippen molar-refractivity contribution < 1.29 is 9.84 Å². The SMILES string of the molecule is CC[C@@]1(CCCN=[N+]=[N-])O[C@@H](n2ccc(=O)[nH]c2=O)C(O)[C@H]1C. The molecule has 0 spiro atoms. The molecule has 2 heterocycles. The minimum absolute atomic E-state index is 0.206. The number of hydrogen-bond acceptors (Lipinski definition) is 5. The van der Waals surface area contributed by atoms with E-state index in [9.17, 15) is 14.7 Å². The zero-order chi connectivity index (χ0) is 17.0. The van der Waals surface area contributed by atoms with E-state index in [2.05, 4.69) is 15.0 Å². The highest BCUT2D eigenvalue weighted by Gasteiger charge is 2.51. The van der Waals surface area contributed by atoms with E-state index < -0.39 is 29.2 Å². The molecule has 0 amide bonds. The summed E-state index contributed by atoms with van der Waals surface area (Å²) in [6, 6.07) is 1.22. The van der Waals surface area contributed by atoms with Crippen molar-refractivity contribution in [3.63, 3.8) is 0 Å². The zero-order valence-corrected chi connectivity index (χ0v) is 13.2. The lowest BCUT2D eigenvalue weighted by molar-refractivity contribution is -0.101. The number of ether oxygens (including phenoxy) is 1. The number of rotatable bonds is 6. The Hall–Kier alpha value is -2.09. The molecule has 9 heteroatoms. The summed E-state index contributed by atoms with van der Waals surface area (Å²) >= 11 is 0. The predicted molar refractivity (Wildman–Crippen MR) is 82.9 cm³/mol. The van der Waals surface area contributed by atoms with Crippen LogP contribution < -0.4 is 11.2 Å². The van der Waals surface area contributed by atoms with Crippen LogP contribution in [0.4, 0.5) is 0 Å². The highest BCUT2D eigenvalue weighted by Crippen LogP contribution is 2.45. The predicted octanol–water partition coefficient (Wildman–Crippen LogP) is 1.30. The van der Waals surface area contributed by atoms with Crippen molar-refractivity contribution in [1.29, 1.82) is 0 Å². The molecule has 4 atom stereocenters. The van der Waals surface area contributed by atoms with Crippen molar-refractivity contribution >= 4 is 0 Å². The van der Waals surface area contributed by atoms with Gasteiger partial charge in [0.15, 0.2) is 6.23 Å². The summed E-state index contributed by atoms with van der Waals surface area (Å²) < 4.78 is 7.27. The lowest BCUT2D eigenvalue weighted by atomic mass is 9.81. The van der Waals surface area contributed by atoms with Gasteiger partial charge in [0, 0.05) is 29.6 Å². The van der Waals surface area contributed by atoms with Crippen molar-refractivity contribution in [2.45, 2.75) is 51.0 Å². The van der Waals surface area contributed by atoms with Crippen LogP contribution >= 0.6 is 0 Å². The average Bonchev–Trinajstić information content (AvgIpc) is 2.77. The zero-order valence-electron chi connectivity index (χ0n) is 13.2. The number of nitrogens with one attached hydrogen (secondary N) is 1. The summed E-state index contributed by atoms with van der Waals surface area (Å²) in [7, 11) is 0. The molecule has 1 aromatic rings. The number of hydrogen-bond donors (Lipinski definition) is 2. The molecule has 0 aromatic carbocycles. The van der Waals surface area contributed by atoms with E-state index in [-0.39, 0.29) is 5.92 Å². The molecular formula is C14H21N5O4. The van der Waals surface area contributed by atoms with Gasteiger partial charge in [-0.1, -0.05) is 19.0 Å². The maximum Gasteiger partial charge on any atom is 0.330 e. The van der Waals surface area contributed by atoms with E-state index in [4.69, 9.17) is 10.3 Å². The minimum atomic E-state index is -0.877. The Bertz CT molecular complexity index is 708. The van der Waals surface area contributed by atoms with Gasteiger partial charge in [0.1, 0.15) is 6.10 Å². The number of azide groups is 1. The molecule has 23 heavy (non-hydrogen) atoms. The van der Waals surface area contributed by atoms with Crippen molar-refractivity contribution in [1.82, 2.24) is 9.55 Å². The Kier molecular flexibility index (Phi) is 5.25. The monoisotopic (exact) mass is 323 g/mol. The lowest BCUT2D eigenvalue weighted by Crippen LogP contribution is -2.36. The number of aromatic nitrogens is 2. The quantitative estimate of drug-likeness (QED) is 0.353. The molecule has 0 saturated carbocycles.